The van der Waals surface area contributed by atoms with Gasteiger partial charge in [-0.05, 0) is 31.5 Å². The number of benzene rings is 1. The van der Waals surface area contributed by atoms with Gasteiger partial charge in [-0.2, -0.15) is 0 Å². The van der Waals surface area contributed by atoms with Crippen LogP contribution in [0.25, 0.3) is 0 Å². The number of aliphatic hydroxyl groups excluding tert-OH is 1. The van der Waals surface area contributed by atoms with Crippen LogP contribution in [0.15, 0.2) is 23.6 Å². The molecule has 2 heterocycles. The van der Waals surface area contributed by atoms with Gasteiger partial charge >= 0.3 is 0 Å². The fraction of sp³-hybridized carbons (Fsp3) is 0.412. The van der Waals surface area contributed by atoms with Crippen molar-refractivity contribution in [3.8, 4) is 5.75 Å². The van der Waals surface area contributed by atoms with Gasteiger partial charge in [-0.1, -0.05) is 6.07 Å². The van der Waals surface area contributed by atoms with Gasteiger partial charge in [-0.3, -0.25) is 9.69 Å². The summed E-state index contributed by atoms with van der Waals surface area (Å²) in [6.45, 7) is 5.57. The van der Waals surface area contributed by atoms with Crippen molar-refractivity contribution in [1.29, 1.82) is 0 Å². The summed E-state index contributed by atoms with van der Waals surface area (Å²) >= 11 is 1.43. The van der Waals surface area contributed by atoms with Crippen LogP contribution in [0.1, 0.15) is 23.7 Å². The number of carbonyl (C=O) groups is 1. The normalized spacial score (nSPS) is 16.0. The predicted molar refractivity (Wildman–Crippen MR) is 93.2 cm³/mol. The van der Waals surface area contributed by atoms with E-state index < -0.39 is 0 Å². The molecule has 1 aromatic carbocycles. The molecule has 1 aliphatic rings. The summed E-state index contributed by atoms with van der Waals surface area (Å²) in [5.74, 6) is 0.740. The molecule has 0 spiro atoms. The third-order valence-corrected chi connectivity index (χ3v) is 4.97. The highest BCUT2D eigenvalue weighted by atomic mass is 32.1. The number of fused-ring (bicyclic) bond motifs is 1. The lowest BCUT2D eigenvalue weighted by Crippen LogP contribution is -2.42. The molecule has 1 amide bonds. The van der Waals surface area contributed by atoms with Gasteiger partial charge in [0, 0.05) is 24.0 Å². The van der Waals surface area contributed by atoms with Crippen LogP contribution < -0.4 is 10.1 Å². The van der Waals surface area contributed by atoms with Gasteiger partial charge in [0.2, 0.25) is 5.91 Å². The number of rotatable bonds is 4. The van der Waals surface area contributed by atoms with Gasteiger partial charge in [0.1, 0.15) is 12.4 Å². The lowest BCUT2D eigenvalue weighted by Gasteiger charge is -2.25. The average Bonchev–Trinajstić information content (AvgIpc) is 2.87. The van der Waals surface area contributed by atoms with Crippen LogP contribution in [0, 0.1) is 6.92 Å². The molecule has 0 radical (unpaired) electrons. The van der Waals surface area contributed by atoms with Gasteiger partial charge in [0.25, 0.3) is 0 Å². The summed E-state index contributed by atoms with van der Waals surface area (Å²) in [5, 5.41) is 14.7. The molecule has 24 heavy (non-hydrogen) atoms. The van der Waals surface area contributed by atoms with E-state index in [9.17, 15) is 9.90 Å². The Bertz CT molecular complexity index is 732. The summed E-state index contributed by atoms with van der Waals surface area (Å²) < 4.78 is 5.76. The Morgan fingerprint density at radius 3 is 3.08 bits per heavy atom. The first kappa shape index (κ1) is 16.9. The quantitative estimate of drug-likeness (QED) is 0.887. The van der Waals surface area contributed by atoms with Crippen molar-refractivity contribution in [2.45, 2.75) is 33.0 Å². The molecule has 6 nitrogen and oxygen atoms in total. The van der Waals surface area contributed by atoms with E-state index in [4.69, 9.17) is 4.74 Å². The molecule has 0 fully saturated rings. The van der Waals surface area contributed by atoms with Gasteiger partial charge < -0.3 is 15.2 Å². The summed E-state index contributed by atoms with van der Waals surface area (Å²) in [6, 6.07) is 5.37. The largest absolute Gasteiger partial charge is 0.492 e. The zero-order chi connectivity index (χ0) is 17.1. The number of aliphatic hydroxyl groups is 1. The van der Waals surface area contributed by atoms with E-state index in [1.807, 2.05) is 37.4 Å². The second kappa shape index (κ2) is 7.29. The van der Waals surface area contributed by atoms with Crippen LogP contribution in [-0.2, 0) is 17.9 Å². The summed E-state index contributed by atoms with van der Waals surface area (Å²) in [4.78, 5) is 18.8. The van der Waals surface area contributed by atoms with Crippen LogP contribution in [0.3, 0.4) is 0 Å². The molecule has 1 aliphatic heterocycles. The van der Waals surface area contributed by atoms with E-state index >= 15 is 0 Å². The van der Waals surface area contributed by atoms with E-state index in [2.05, 4.69) is 15.2 Å². The molecule has 128 valence electrons. The van der Waals surface area contributed by atoms with Gasteiger partial charge in [0.05, 0.1) is 18.3 Å². The number of aryl methyl sites for hydroxylation is 1. The third kappa shape index (κ3) is 3.75. The minimum absolute atomic E-state index is 0.00722. The number of carbonyl (C=O) groups excluding carboxylic acids is 1. The van der Waals surface area contributed by atoms with Crippen molar-refractivity contribution in [1.82, 2.24) is 9.88 Å². The van der Waals surface area contributed by atoms with Crippen LogP contribution in [-0.4, -0.2) is 40.1 Å². The van der Waals surface area contributed by atoms with Crippen molar-refractivity contribution in [3.05, 3.63) is 40.4 Å². The number of thiazole rings is 1. The molecule has 0 bridgehead atoms. The van der Waals surface area contributed by atoms with E-state index in [1.54, 1.807) is 0 Å². The van der Waals surface area contributed by atoms with Gasteiger partial charge in [-0.25, -0.2) is 4.98 Å². The van der Waals surface area contributed by atoms with Gasteiger partial charge in [-0.15, -0.1) is 11.3 Å². The topological polar surface area (TPSA) is 74.7 Å². The number of anilines is 1. The number of ether oxygens (including phenoxy) is 1. The maximum atomic E-state index is 12.5. The number of hydrogen-bond donors (Lipinski definition) is 2. The number of amides is 1. The van der Waals surface area contributed by atoms with Crippen molar-refractivity contribution in [2.24, 2.45) is 0 Å². The molecular weight excluding hydrogens is 326 g/mol. The highest BCUT2D eigenvalue weighted by Gasteiger charge is 2.25. The Kier molecular flexibility index (Phi) is 5.13. The van der Waals surface area contributed by atoms with Crippen LogP contribution in [0.4, 0.5) is 5.13 Å². The maximum Gasteiger partial charge on any atom is 0.243 e. The molecule has 1 aromatic heterocycles. The molecule has 2 aromatic rings. The van der Waals surface area contributed by atoms with Crippen molar-refractivity contribution < 1.29 is 14.6 Å². The zero-order valence-corrected chi connectivity index (χ0v) is 14.6. The average molecular weight is 347 g/mol. The second-order valence-electron chi connectivity index (χ2n) is 5.88. The van der Waals surface area contributed by atoms with E-state index in [0.717, 1.165) is 22.6 Å². The number of aromatic nitrogens is 1. The van der Waals surface area contributed by atoms with E-state index in [-0.39, 0.29) is 18.6 Å². The SMILES string of the molecule is Cc1csc(NC(=O)[C@H](C)N2CCOc3ccc(CO)cc3C2)n1. The summed E-state index contributed by atoms with van der Waals surface area (Å²) in [7, 11) is 0. The predicted octanol–water partition coefficient (Wildman–Crippen LogP) is 2.17. The van der Waals surface area contributed by atoms with E-state index in [1.165, 1.54) is 11.3 Å². The molecule has 1 atom stereocenters. The number of nitrogens with one attached hydrogen (secondary N) is 1. The first-order valence-electron chi connectivity index (χ1n) is 7.89. The number of hydrogen-bond acceptors (Lipinski definition) is 6. The second-order valence-corrected chi connectivity index (χ2v) is 6.74. The highest BCUT2D eigenvalue weighted by molar-refractivity contribution is 7.13. The molecular formula is C17H21N3O3S. The molecule has 0 aliphatic carbocycles. The Balaban J connectivity index is 1.72. The first-order chi connectivity index (χ1) is 11.6. The lowest BCUT2D eigenvalue weighted by atomic mass is 10.1. The molecule has 3 rings (SSSR count). The summed E-state index contributed by atoms with van der Waals surface area (Å²) in [5.41, 5.74) is 2.73. The molecule has 2 N–H and O–H groups in total. The Morgan fingerprint density at radius 1 is 1.54 bits per heavy atom. The highest BCUT2D eigenvalue weighted by Crippen LogP contribution is 2.25. The van der Waals surface area contributed by atoms with Crippen LogP contribution in [0.2, 0.25) is 0 Å². The fourth-order valence-corrected chi connectivity index (χ4v) is 3.37. The van der Waals surface area contributed by atoms with Gasteiger partial charge in [0.15, 0.2) is 5.13 Å². The zero-order valence-electron chi connectivity index (χ0n) is 13.8. The first-order valence-corrected chi connectivity index (χ1v) is 8.77. The monoisotopic (exact) mass is 347 g/mol. The Morgan fingerprint density at radius 2 is 2.38 bits per heavy atom. The molecule has 0 unspecified atom stereocenters. The smallest absolute Gasteiger partial charge is 0.243 e. The summed E-state index contributed by atoms with van der Waals surface area (Å²) in [6.07, 6.45) is 0. The van der Waals surface area contributed by atoms with Crippen LogP contribution in [0.5, 0.6) is 5.75 Å². The standard InChI is InChI=1S/C17H21N3O3S/c1-11-10-24-17(18-11)19-16(22)12(2)20-5-6-23-15-4-3-13(9-21)7-14(15)8-20/h3-4,7,10,12,21H,5-6,8-9H2,1-2H3,(H,18,19,22)/t12-/m0/s1. The third-order valence-electron chi connectivity index (χ3n) is 4.09. The van der Waals surface area contributed by atoms with E-state index in [0.29, 0.717) is 24.8 Å². The fourth-order valence-electron chi connectivity index (χ4n) is 2.68. The van der Waals surface area contributed by atoms with Crippen molar-refractivity contribution in [3.63, 3.8) is 0 Å². The maximum absolute atomic E-state index is 12.5. The van der Waals surface area contributed by atoms with Crippen molar-refractivity contribution in [2.75, 3.05) is 18.5 Å². The molecule has 7 heteroatoms. The molecule has 0 saturated carbocycles. The minimum atomic E-state index is -0.304. The van der Waals surface area contributed by atoms with Crippen LogP contribution >= 0.6 is 11.3 Å². The molecule has 0 saturated heterocycles. The number of nitrogens with zero attached hydrogens (tertiary/aromatic N) is 2. The Labute approximate surface area is 145 Å². The minimum Gasteiger partial charge on any atom is -0.492 e. The Hall–Kier alpha value is -1.96. The van der Waals surface area contributed by atoms with Crippen molar-refractivity contribution >= 4 is 22.4 Å². The lowest BCUT2D eigenvalue weighted by molar-refractivity contribution is -0.121.